The Kier molecular flexibility index (Phi) is 11.1. The van der Waals surface area contributed by atoms with Gasteiger partial charge in [0.05, 0.1) is 19.3 Å². The predicted octanol–water partition coefficient (Wildman–Crippen LogP) is 5.42. The number of carboxylic acid groups (broad SMARTS) is 1. The summed E-state index contributed by atoms with van der Waals surface area (Å²) in [7, 11) is -2.06. The van der Waals surface area contributed by atoms with Crippen LogP contribution in [0, 0.1) is 11.7 Å². The Hall–Kier alpha value is -2.89. The molecule has 2 aromatic rings. The van der Waals surface area contributed by atoms with E-state index in [4.69, 9.17) is 14.2 Å². The number of fused-ring (bicyclic) bond motifs is 1. The second-order valence-corrected chi connectivity index (χ2v) is 13.2. The number of nitrogens with zero attached hydrogens (tertiary/aromatic N) is 2. The molecule has 2 aliphatic heterocycles. The second kappa shape index (κ2) is 14.5. The fraction of sp³-hybridized carbons (Fsp3) is 0.581. The van der Waals surface area contributed by atoms with Gasteiger partial charge < -0.3 is 19.3 Å². The lowest BCUT2D eigenvalue weighted by molar-refractivity contribution is -0.138. The Labute approximate surface area is 248 Å². The average molecular weight is 607 g/mol. The van der Waals surface area contributed by atoms with Gasteiger partial charge in [-0.2, -0.15) is 0 Å². The van der Waals surface area contributed by atoms with E-state index in [1.807, 2.05) is 32.0 Å². The topological polar surface area (TPSA) is 106 Å². The van der Waals surface area contributed by atoms with Gasteiger partial charge in [-0.1, -0.05) is 45.2 Å². The highest BCUT2D eigenvalue weighted by Crippen LogP contribution is 2.49. The molecule has 1 saturated heterocycles. The Balaban J connectivity index is 1.68. The van der Waals surface area contributed by atoms with Gasteiger partial charge in [0, 0.05) is 38.1 Å². The Bertz CT molecular complexity index is 1320. The van der Waals surface area contributed by atoms with E-state index in [-0.39, 0.29) is 37.2 Å². The lowest BCUT2D eigenvalue weighted by Gasteiger charge is -2.31. The second-order valence-electron chi connectivity index (χ2n) is 11.1. The molecule has 232 valence electrons. The summed E-state index contributed by atoms with van der Waals surface area (Å²) in [6.07, 6.45) is 3.89. The van der Waals surface area contributed by atoms with Crippen molar-refractivity contribution >= 4 is 16.0 Å². The van der Waals surface area contributed by atoms with Crippen LogP contribution in [0.25, 0.3) is 0 Å². The molecule has 0 aromatic heterocycles. The van der Waals surface area contributed by atoms with Gasteiger partial charge in [0.15, 0.2) is 23.1 Å². The van der Waals surface area contributed by atoms with Gasteiger partial charge in [0.1, 0.15) is 0 Å². The number of unbranched alkanes of at least 4 members (excludes halogenated alkanes) is 3. The van der Waals surface area contributed by atoms with Crippen LogP contribution in [0.4, 0.5) is 4.39 Å². The molecular formula is C31H43FN2O7S. The molecule has 0 amide bonds. The smallest absolute Gasteiger partial charge is 0.303 e. The number of benzene rings is 2. The van der Waals surface area contributed by atoms with E-state index in [0.29, 0.717) is 43.1 Å². The number of rotatable bonds is 16. The van der Waals surface area contributed by atoms with Crippen molar-refractivity contribution in [2.45, 2.75) is 64.3 Å². The number of methoxy groups -OCH3 is 1. The zero-order chi connectivity index (χ0) is 30.3. The summed E-state index contributed by atoms with van der Waals surface area (Å²) in [5, 5.41) is 9.96. The zero-order valence-corrected chi connectivity index (χ0v) is 25.6. The minimum Gasteiger partial charge on any atom is -0.494 e. The third kappa shape index (κ3) is 7.54. The molecule has 11 heteroatoms. The monoisotopic (exact) mass is 606 g/mol. The lowest BCUT2D eigenvalue weighted by Crippen LogP contribution is -2.40. The number of sulfonamides is 1. The maximum Gasteiger partial charge on any atom is 0.303 e. The van der Waals surface area contributed by atoms with E-state index in [0.717, 1.165) is 31.2 Å². The Morgan fingerprint density at radius 2 is 1.79 bits per heavy atom. The van der Waals surface area contributed by atoms with Gasteiger partial charge in [-0.05, 0) is 54.2 Å². The van der Waals surface area contributed by atoms with Gasteiger partial charge >= 0.3 is 5.97 Å². The van der Waals surface area contributed by atoms with Crippen molar-refractivity contribution in [3.8, 4) is 17.2 Å². The summed E-state index contributed by atoms with van der Waals surface area (Å²) in [4.78, 5) is 14.3. The van der Waals surface area contributed by atoms with E-state index in [2.05, 4.69) is 4.90 Å². The summed E-state index contributed by atoms with van der Waals surface area (Å²) < 4.78 is 59.4. The van der Waals surface area contributed by atoms with Crippen molar-refractivity contribution in [3.05, 3.63) is 53.3 Å². The molecule has 2 aromatic carbocycles. The molecule has 9 nitrogen and oxygen atoms in total. The van der Waals surface area contributed by atoms with Crippen LogP contribution >= 0.6 is 0 Å². The maximum absolute atomic E-state index is 15.0. The molecule has 3 unspecified atom stereocenters. The van der Waals surface area contributed by atoms with Crippen LogP contribution in [0.3, 0.4) is 0 Å². The summed E-state index contributed by atoms with van der Waals surface area (Å²) >= 11 is 0. The largest absolute Gasteiger partial charge is 0.494 e. The van der Waals surface area contributed by atoms with E-state index >= 15 is 0 Å². The van der Waals surface area contributed by atoms with Crippen LogP contribution in [0.15, 0.2) is 36.4 Å². The first-order valence-corrected chi connectivity index (χ1v) is 16.5. The number of ether oxygens (including phenoxy) is 3. The Morgan fingerprint density at radius 1 is 1.05 bits per heavy atom. The van der Waals surface area contributed by atoms with Crippen LogP contribution in [0.2, 0.25) is 0 Å². The van der Waals surface area contributed by atoms with Crippen LogP contribution < -0.4 is 14.2 Å². The van der Waals surface area contributed by atoms with E-state index in [1.165, 1.54) is 13.2 Å². The van der Waals surface area contributed by atoms with Crippen LogP contribution in [0.1, 0.15) is 75.5 Å². The SMILES string of the molecule is CCCCCS(=O)(=O)N(CCCC)CCN1CC(c2ccc3c(c2)OCO3)C(CC(=O)O)C1c1ccc(OC)c(F)c1. The zero-order valence-electron chi connectivity index (χ0n) is 24.8. The number of aliphatic carboxylic acids is 1. The first-order valence-electron chi connectivity index (χ1n) is 14.8. The molecule has 1 fully saturated rings. The van der Waals surface area contributed by atoms with Gasteiger partial charge in [-0.25, -0.2) is 17.1 Å². The molecule has 2 aliphatic rings. The van der Waals surface area contributed by atoms with E-state index in [1.54, 1.807) is 16.4 Å². The van der Waals surface area contributed by atoms with Crippen LogP contribution in [-0.4, -0.2) is 74.5 Å². The number of likely N-dealkylation sites (tertiary alicyclic amines) is 1. The lowest BCUT2D eigenvalue weighted by atomic mass is 9.80. The first-order chi connectivity index (χ1) is 20.2. The molecule has 2 heterocycles. The molecular weight excluding hydrogens is 563 g/mol. The number of hydrogen-bond acceptors (Lipinski definition) is 7. The summed E-state index contributed by atoms with van der Waals surface area (Å²) in [6.45, 7) is 5.77. The standard InChI is InChI=1S/C31H43FN2O7S/c1-4-6-8-16-42(37,38)34(13-7-5-2)15-14-33-20-25(22-9-12-28-29(18-22)41-21-40-28)24(19-30(35)36)31(33)23-10-11-27(39-3)26(32)17-23/h9-12,17-18,24-25,31H,4-8,13-16,19-21H2,1-3H3,(H,35,36). The highest BCUT2D eigenvalue weighted by Gasteiger charge is 2.45. The molecule has 0 radical (unpaired) electrons. The number of carbonyl (C=O) groups is 1. The van der Waals surface area contributed by atoms with Gasteiger partial charge in [0.25, 0.3) is 0 Å². The Morgan fingerprint density at radius 3 is 2.48 bits per heavy atom. The molecule has 0 saturated carbocycles. The maximum atomic E-state index is 15.0. The summed E-state index contributed by atoms with van der Waals surface area (Å²) in [6, 6.07) is 9.93. The molecule has 3 atom stereocenters. The number of hydrogen-bond donors (Lipinski definition) is 1. The molecule has 0 bridgehead atoms. The molecule has 4 rings (SSSR count). The minimum absolute atomic E-state index is 0.106. The van der Waals surface area contributed by atoms with Crippen LogP contribution in [-0.2, 0) is 14.8 Å². The first kappa shape index (κ1) is 32.0. The van der Waals surface area contributed by atoms with Crippen molar-refractivity contribution < 1.29 is 36.9 Å². The van der Waals surface area contributed by atoms with Crippen molar-refractivity contribution in [1.29, 1.82) is 0 Å². The van der Waals surface area contributed by atoms with E-state index < -0.39 is 33.8 Å². The molecule has 42 heavy (non-hydrogen) atoms. The molecule has 0 aliphatic carbocycles. The molecule has 1 N–H and O–H groups in total. The van der Waals surface area contributed by atoms with Gasteiger partial charge in [-0.3, -0.25) is 9.69 Å². The minimum atomic E-state index is -3.46. The van der Waals surface area contributed by atoms with Crippen LogP contribution in [0.5, 0.6) is 17.2 Å². The quantitative estimate of drug-likeness (QED) is 0.253. The normalized spacial score (nSPS) is 20.4. The van der Waals surface area contributed by atoms with Crippen molar-refractivity contribution in [2.75, 3.05) is 45.8 Å². The van der Waals surface area contributed by atoms with Crippen molar-refractivity contribution in [3.63, 3.8) is 0 Å². The number of halogens is 1. The highest BCUT2D eigenvalue weighted by molar-refractivity contribution is 7.89. The molecule has 0 spiro atoms. The van der Waals surface area contributed by atoms with Crippen molar-refractivity contribution in [1.82, 2.24) is 9.21 Å². The fourth-order valence-corrected chi connectivity index (χ4v) is 7.72. The van der Waals surface area contributed by atoms with Gasteiger partial charge in [0.2, 0.25) is 16.8 Å². The summed E-state index contributed by atoms with van der Waals surface area (Å²) in [5.41, 5.74) is 1.54. The third-order valence-corrected chi connectivity index (χ3v) is 10.3. The van der Waals surface area contributed by atoms with Crippen molar-refractivity contribution in [2.24, 2.45) is 5.92 Å². The number of carboxylic acids is 1. The summed E-state index contributed by atoms with van der Waals surface area (Å²) in [5.74, 6) is -0.633. The van der Waals surface area contributed by atoms with Gasteiger partial charge in [-0.15, -0.1) is 0 Å². The highest BCUT2D eigenvalue weighted by atomic mass is 32.2. The van der Waals surface area contributed by atoms with E-state index in [9.17, 15) is 22.7 Å². The average Bonchev–Trinajstić information content (AvgIpc) is 3.56. The third-order valence-electron chi connectivity index (χ3n) is 8.30. The predicted molar refractivity (Wildman–Crippen MR) is 158 cm³/mol. The fourth-order valence-electron chi connectivity index (χ4n) is 6.13.